The van der Waals surface area contributed by atoms with Crippen LogP contribution in [0.5, 0.6) is 11.5 Å². The SMILES string of the molecule is CN(C)CC1CC(CO)CN(C(=O)c2cccc(Oc3ccccc3)c2)C1. The molecule has 0 aliphatic carbocycles. The third kappa shape index (κ3) is 5.31. The van der Waals surface area contributed by atoms with Crippen LogP contribution in [0.2, 0.25) is 0 Å². The Balaban J connectivity index is 1.73. The van der Waals surface area contributed by atoms with Crippen LogP contribution >= 0.6 is 0 Å². The molecule has 2 unspecified atom stereocenters. The third-order valence-electron chi connectivity index (χ3n) is 4.85. The Kier molecular flexibility index (Phi) is 6.48. The first kappa shape index (κ1) is 19.4. The summed E-state index contributed by atoms with van der Waals surface area (Å²) in [4.78, 5) is 17.1. The molecular formula is C22H28N2O3. The zero-order chi connectivity index (χ0) is 19.2. The number of benzene rings is 2. The van der Waals surface area contributed by atoms with Gasteiger partial charge in [0.2, 0.25) is 0 Å². The van der Waals surface area contributed by atoms with E-state index in [-0.39, 0.29) is 18.4 Å². The fourth-order valence-electron chi connectivity index (χ4n) is 3.76. The highest BCUT2D eigenvalue weighted by atomic mass is 16.5. The van der Waals surface area contributed by atoms with Crippen molar-refractivity contribution in [1.82, 2.24) is 9.80 Å². The highest BCUT2D eigenvalue weighted by Crippen LogP contribution is 2.26. The number of carbonyl (C=O) groups is 1. The number of nitrogens with zero attached hydrogens (tertiary/aromatic N) is 2. The summed E-state index contributed by atoms with van der Waals surface area (Å²) < 4.78 is 5.86. The Morgan fingerprint density at radius 1 is 1.07 bits per heavy atom. The van der Waals surface area contributed by atoms with E-state index in [1.54, 1.807) is 6.07 Å². The first-order valence-corrected chi connectivity index (χ1v) is 9.43. The zero-order valence-corrected chi connectivity index (χ0v) is 16.0. The standard InChI is InChI=1S/C22H28N2O3/c1-23(2)13-17-11-18(16-25)15-24(14-17)22(26)19-7-6-10-21(12-19)27-20-8-4-3-5-9-20/h3-10,12,17-18,25H,11,13-16H2,1-2H3. The molecule has 0 radical (unpaired) electrons. The normalized spacial score (nSPS) is 19.9. The van der Waals surface area contributed by atoms with Gasteiger partial charge in [-0.2, -0.15) is 0 Å². The summed E-state index contributed by atoms with van der Waals surface area (Å²) >= 11 is 0. The van der Waals surface area contributed by atoms with Crippen LogP contribution < -0.4 is 4.74 Å². The summed E-state index contributed by atoms with van der Waals surface area (Å²) in [6, 6.07) is 16.8. The van der Waals surface area contributed by atoms with Gasteiger partial charge in [-0.15, -0.1) is 0 Å². The van der Waals surface area contributed by atoms with Crippen LogP contribution in [0, 0.1) is 11.8 Å². The smallest absolute Gasteiger partial charge is 0.254 e. The van der Waals surface area contributed by atoms with Crippen molar-refractivity contribution in [3.8, 4) is 11.5 Å². The highest BCUT2D eigenvalue weighted by molar-refractivity contribution is 5.94. The Labute approximate surface area is 161 Å². The fourth-order valence-corrected chi connectivity index (χ4v) is 3.76. The van der Waals surface area contributed by atoms with E-state index >= 15 is 0 Å². The summed E-state index contributed by atoms with van der Waals surface area (Å²) in [6.45, 7) is 2.35. The lowest BCUT2D eigenvalue weighted by Crippen LogP contribution is -2.47. The van der Waals surface area contributed by atoms with Crippen molar-refractivity contribution < 1.29 is 14.6 Å². The Hall–Kier alpha value is -2.37. The quantitative estimate of drug-likeness (QED) is 0.851. The lowest BCUT2D eigenvalue weighted by Gasteiger charge is -2.38. The highest BCUT2D eigenvalue weighted by Gasteiger charge is 2.30. The monoisotopic (exact) mass is 368 g/mol. The molecule has 2 aromatic rings. The van der Waals surface area contributed by atoms with Gasteiger partial charge in [-0.25, -0.2) is 0 Å². The number of para-hydroxylation sites is 1. The summed E-state index contributed by atoms with van der Waals surface area (Å²) in [5.41, 5.74) is 0.616. The summed E-state index contributed by atoms with van der Waals surface area (Å²) in [7, 11) is 4.08. The van der Waals surface area contributed by atoms with Crippen molar-refractivity contribution in [1.29, 1.82) is 0 Å². The Bertz CT molecular complexity index is 748. The van der Waals surface area contributed by atoms with E-state index in [0.717, 1.165) is 25.3 Å². The molecule has 27 heavy (non-hydrogen) atoms. The molecule has 1 saturated heterocycles. The molecule has 0 bridgehead atoms. The maximum atomic E-state index is 13.1. The summed E-state index contributed by atoms with van der Waals surface area (Å²) in [5, 5.41) is 9.65. The van der Waals surface area contributed by atoms with Crippen molar-refractivity contribution in [2.45, 2.75) is 6.42 Å². The Morgan fingerprint density at radius 2 is 1.78 bits per heavy atom. The first-order valence-electron chi connectivity index (χ1n) is 9.43. The van der Waals surface area contributed by atoms with Crippen LogP contribution in [0.4, 0.5) is 0 Å². The zero-order valence-electron chi connectivity index (χ0n) is 16.0. The minimum atomic E-state index is -0.00424. The second-order valence-corrected chi connectivity index (χ2v) is 7.57. The molecule has 144 valence electrons. The van der Waals surface area contributed by atoms with Gasteiger partial charge in [-0.1, -0.05) is 24.3 Å². The van der Waals surface area contributed by atoms with E-state index in [1.807, 2.05) is 67.5 Å². The van der Waals surface area contributed by atoms with E-state index in [1.165, 1.54) is 0 Å². The van der Waals surface area contributed by atoms with E-state index in [4.69, 9.17) is 4.74 Å². The van der Waals surface area contributed by atoms with Crippen LogP contribution in [0.15, 0.2) is 54.6 Å². The van der Waals surface area contributed by atoms with E-state index in [9.17, 15) is 9.90 Å². The number of amides is 1. The van der Waals surface area contributed by atoms with Crippen molar-refractivity contribution in [3.63, 3.8) is 0 Å². The van der Waals surface area contributed by atoms with Gasteiger partial charge in [0.05, 0.1) is 0 Å². The predicted molar refractivity (Wildman–Crippen MR) is 106 cm³/mol. The number of aliphatic hydroxyl groups is 1. The van der Waals surface area contributed by atoms with Crippen LogP contribution in [-0.4, -0.2) is 61.2 Å². The maximum Gasteiger partial charge on any atom is 0.254 e. The maximum absolute atomic E-state index is 13.1. The molecule has 0 aromatic heterocycles. The lowest BCUT2D eigenvalue weighted by atomic mass is 9.89. The number of ether oxygens (including phenoxy) is 1. The third-order valence-corrected chi connectivity index (χ3v) is 4.85. The molecule has 0 spiro atoms. The molecule has 2 atom stereocenters. The molecule has 5 heteroatoms. The average molecular weight is 368 g/mol. The number of hydrogen-bond donors (Lipinski definition) is 1. The second-order valence-electron chi connectivity index (χ2n) is 7.57. The van der Waals surface area contributed by atoms with Gasteiger partial charge in [0.15, 0.2) is 0 Å². The minimum absolute atomic E-state index is 0.00424. The van der Waals surface area contributed by atoms with Crippen molar-refractivity contribution in [2.75, 3.05) is 40.3 Å². The molecule has 0 saturated carbocycles. The number of carbonyl (C=O) groups excluding carboxylic acids is 1. The van der Waals surface area contributed by atoms with Gasteiger partial charge in [0.25, 0.3) is 5.91 Å². The number of likely N-dealkylation sites (tertiary alicyclic amines) is 1. The topological polar surface area (TPSA) is 53.0 Å². The van der Waals surface area contributed by atoms with Gasteiger partial charge in [0.1, 0.15) is 11.5 Å². The first-order chi connectivity index (χ1) is 13.0. The molecule has 1 amide bonds. The molecule has 1 fully saturated rings. The molecule has 1 heterocycles. The van der Waals surface area contributed by atoms with Crippen molar-refractivity contribution in [2.24, 2.45) is 11.8 Å². The molecule has 1 aliphatic heterocycles. The fraction of sp³-hybridized carbons (Fsp3) is 0.409. The number of hydrogen-bond acceptors (Lipinski definition) is 4. The molecule has 3 rings (SSSR count). The summed E-state index contributed by atoms with van der Waals surface area (Å²) in [5.74, 6) is 1.89. The predicted octanol–water partition coefficient (Wildman–Crippen LogP) is 3.11. The van der Waals surface area contributed by atoms with Crippen LogP contribution in [0.3, 0.4) is 0 Å². The van der Waals surface area contributed by atoms with Crippen LogP contribution in [0.1, 0.15) is 16.8 Å². The molecule has 5 nitrogen and oxygen atoms in total. The molecule has 1 N–H and O–H groups in total. The van der Waals surface area contributed by atoms with E-state index in [0.29, 0.717) is 23.8 Å². The largest absolute Gasteiger partial charge is 0.457 e. The van der Waals surface area contributed by atoms with E-state index < -0.39 is 0 Å². The van der Waals surface area contributed by atoms with E-state index in [2.05, 4.69) is 4.90 Å². The number of rotatable bonds is 6. The second kappa shape index (κ2) is 9.02. The van der Waals surface area contributed by atoms with Crippen molar-refractivity contribution in [3.05, 3.63) is 60.2 Å². The lowest BCUT2D eigenvalue weighted by molar-refractivity contribution is 0.0477. The average Bonchev–Trinajstić information content (AvgIpc) is 2.67. The Morgan fingerprint density at radius 3 is 2.48 bits per heavy atom. The minimum Gasteiger partial charge on any atom is -0.457 e. The molecular weight excluding hydrogens is 340 g/mol. The number of piperidine rings is 1. The summed E-state index contributed by atoms with van der Waals surface area (Å²) in [6.07, 6.45) is 0.954. The molecule has 2 aromatic carbocycles. The van der Waals surface area contributed by atoms with Gasteiger partial charge >= 0.3 is 0 Å². The van der Waals surface area contributed by atoms with Gasteiger partial charge < -0.3 is 19.6 Å². The molecule has 1 aliphatic rings. The van der Waals surface area contributed by atoms with Gasteiger partial charge in [-0.05, 0) is 62.7 Å². The van der Waals surface area contributed by atoms with Gasteiger partial charge in [0, 0.05) is 31.8 Å². The number of aliphatic hydroxyl groups excluding tert-OH is 1. The van der Waals surface area contributed by atoms with Crippen LogP contribution in [-0.2, 0) is 0 Å². The van der Waals surface area contributed by atoms with Crippen molar-refractivity contribution >= 4 is 5.91 Å². The van der Waals surface area contributed by atoms with Gasteiger partial charge in [-0.3, -0.25) is 4.79 Å². The van der Waals surface area contributed by atoms with Crippen LogP contribution in [0.25, 0.3) is 0 Å².